The van der Waals surface area contributed by atoms with Crippen molar-refractivity contribution >= 4 is 11.3 Å². The van der Waals surface area contributed by atoms with E-state index in [0.29, 0.717) is 6.61 Å². The molecule has 1 N–H and O–H groups in total. The van der Waals surface area contributed by atoms with Crippen molar-refractivity contribution in [1.82, 2.24) is 10.3 Å². The Labute approximate surface area is 112 Å². The van der Waals surface area contributed by atoms with E-state index in [1.54, 1.807) is 11.3 Å². The molecule has 0 amide bonds. The van der Waals surface area contributed by atoms with Crippen LogP contribution in [0.1, 0.15) is 23.7 Å². The van der Waals surface area contributed by atoms with Crippen molar-refractivity contribution in [3.63, 3.8) is 0 Å². The molecule has 1 aromatic carbocycles. The molecule has 1 unspecified atom stereocenters. The van der Waals surface area contributed by atoms with Crippen molar-refractivity contribution in [3.8, 4) is 5.75 Å². The third-order valence-electron chi connectivity index (χ3n) is 2.57. The molecule has 2 rings (SSSR count). The first kappa shape index (κ1) is 13.1. The summed E-state index contributed by atoms with van der Waals surface area (Å²) in [4.78, 5) is 4.46. The minimum absolute atomic E-state index is 0.281. The van der Waals surface area contributed by atoms with Gasteiger partial charge in [-0.1, -0.05) is 18.2 Å². The van der Waals surface area contributed by atoms with Crippen LogP contribution >= 0.6 is 11.3 Å². The summed E-state index contributed by atoms with van der Waals surface area (Å²) in [5, 5.41) is 6.61. The van der Waals surface area contributed by atoms with Gasteiger partial charge in [-0.25, -0.2) is 4.98 Å². The van der Waals surface area contributed by atoms with Crippen LogP contribution < -0.4 is 10.1 Å². The minimum Gasteiger partial charge on any atom is -0.492 e. The summed E-state index contributed by atoms with van der Waals surface area (Å²) in [6, 6.07) is 10.1. The maximum atomic E-state index is 5.62. The van der Waals surface area contributed by atoms with E-state index in [-0.39, 0.29) is 6.04 Å². The highest BCUT2D eigenvalue weighted by Crippen LogP contribution is 2.17. The first-order chi connectivity index (χ1) is 8.75. The first-order valence-corrected chi connectivity index (χ1v) is 6.97. The van der Waals surface area contributed by atoms with Crippen molar-refractivity contribution in [2.24, 2.45) is 0 Å². The number of hydrogen-bond acceptors (Lipinski definition) is 4. The quantitative estimate of drug-likeness (QED) is 0.812. The van der Waals surface area contributed by atoms with Crippen LogP contribution in [-0.4, -0.2) is 18.1 Å². The lowest BCUT2D eigenvalue weighted by Crippen LogP contribution is -2.24. The zero-order chi connectivity index (χ0) is 12.8. The Kier molecular flexibility index (Phi) is 4.73. The SMILES string of the molecule is Cc1csc(C(C)NCCOc2ccccc2)n1. The standard InChI is InChI=1S/C14H18N2OS/c1-11-10-18-14(16-11)12(2)15-8-9-17-13-6-4-3-5-7-13/h3-7,10,12,15H,8-9H2,1-2H3. The number of aryl methyl sites for hydroxylation is 1. The topological polar surface area (TPSA) is 34.1 Å². The predicted molar refractivity (Wildman–Crippen MR) is 75.2 cm³/mol. The van der Waals surface area contributed by atoms with Crippen molar-refractivity contribution in [2.75, 3.05) is 13.2 Å². The molecule has 0 saturated heterocycles. The van der Waals surface area contributed by atoms with Gasteiger partial charge in [-0.05, 0) is 26.0 Å². The monoisotopic (exact) mass is 262 g/mol. The van der Waals surface area contributed by atoms with Crippen LogP contribution in [0.5, 0.6) is 5.75 Å². The first-order valence-electron chi connectivity index (χ1n) is 6.09. The lowest BCUT2D eigenvalue weighted by atomic mass is 10.3. The number of ether oxygens (including phenoxy) is 1. The second-order valence-electron chi connectivity index (χ2n) is 4.16. The van der Waals surface area contributed by atoms with Crippen LogP contribution in [0.2, 0.25) is 0 Å². The fourth-order valence-electron chi connectivity index (χ4n) is 1.62. The lowest BCUT2D eigenvalue weighted by Gasteiger charge is -2.11. The summed E-state index contributed by atoms with van der Waals surface area (Å²) in [5.41, 5.74) is 1.09. The number of hydrogen-bond donors (Lipinski definition) is 1. The van der Waals surface area contributed by atoms with Crippen LogP contribution in [0, 0.1) is 6.92 Å². The van der Waals surface area contributed by atoms with Gasteiger partial charge in [-0.15, -0.1) is 11.3 Å². The molecule has 0 aliphatic carbocycles. The number of rotatable bonds is 6. The summed E-state index contributed by atoms with van der Waals surface area (Å²) in [6.07, 6.45) is 0. The number of nitrogens with zero attached hydrogens (tertiary/aromatic N) is 1. The smallest absolute Gasteiger partial charge is 0.119 e. The molecular weight excluding hydrogens is 244 g/mol. The molecule has 1 heterocycles. The van der Waals surface area contributed by atoms with E-state index >= 15 is 0 Å². The molecule has 2 aromatic rings. The van der Waals surface area contributed by atoms with Gasteiger partial charge < -0.3 is 10.1 Å². The van der Waals surface area contributed by atoms with Gasteiger partial charge in [0.15, 0.2) is 0 Å². The van der Waals surface area contributed by atoms with Gasteiger partial charge in [0, 0.05) is 17.6 Å². The Morgan fingerprint density at radius 2 is 2.11 bits per heavy atom. The fraction of sp³-hybridized carbons (Fsp3) is 0.357. The van der Waals surface area contributed by atoms with Crippen LogP contribution in [0.25, 0.3) is 0 Å². The Morgan fingerprint density at radius 1 is 1.33 bits per heavy atom. The van der Waals surface area contributed by atoms with E-state index in [0.717, 1.165) is 23.0 Å². The molecule has 96 valence electrons. The van der Waals surface area contributed by atoms with Crippen molar-refractivity contribution < 1.29 is 4.74 Å². The van der Waals surface area contributed by atoms with E-state index in [4.69, 9.17) is 4.74 Å². The molecular formula is C14H18N2OS. The molecule has 18 heavy (non-hydrogen) atoms. The van der Waals surface area contributed by atoms with E-state index in [1.165, 1.54) is 0 Å². The molecule has 4 heteroatoms. The summed E-state index contributed by atoms with van der Waals surface area (Å²) in [7, 11) is 0. The van der Waals surface area contributed by atoms with E-state index < -0.39 is 0 Å². The van der Waals surface area contributed by atoms with Crippen molar-refractivity contribution in [1.29, 1.82) is 0 Å². The Balaban J connectivity index is 1.69. The molecule has 0 spiro atoms. The summed E-state index contributed by atoms with van der Waals surface area (Å²) in [6.45, 7) is 5.62. The highest BCUT2D eigenvalue weighted by atomic mass is 32.1. The zero-order valence-electron chi connectivity index (χ0n) is 10.7. The highest BCUT2D eigenvalue weighted by molar-refractivity contribution is 7.09. The Bertz CT molecular complexity index is 470. The van der Waals surface area contributed by atoms with E-state index in [2.05, 4.69) is 22.6 Å². The second-order valence-corrected chi connectivity index (χ2v) is 5.05. The molecule has 0 radical (unpaired) electrons. The van der Waals surface area contributed by atoms with E-state index in [9.17, 15) is 0 Å². The van der Waals surface area contributed by atoms with Gasteiger partial charge >= 0.3 is 0 Å². The summed E-state index contributed by atoms with van der Waals surface area (Å²) < 4.78 is 5.62. The summed E-state index contributed by atoms with van der Waals surface area (Å²) in [5.74, 6) is 0.914. The van der Waals surface area contributed by atoms with E-state index in [1.807, 2.05) is 37.3 Å². The van der Waals surface area contributed by atoms with Gasteiger partial charge in [0.1, 0.15) is 17.4 Å². The molecule has 0 saturated carbocycles. The third kappa shape index (κ3) is 3.82. The number of nitrogens with one attached hydrogen (secondary N) is 1. The van der Waals surface area contributed by atoms with Gasteiger partial charge in [0.05, 0.1) is 6.04 Å². The van der Waals surface area contributed by atoms with Gasteiger partial charge in [0.25, 0.3) is 0 Å². The number of benzene rings is 1. The fourth-order valence-corrected chi connectivity index (χ4v) is 2.45. The average molecular weight is 262 g/mol. The van der Waals surface area contributed by atoms with Crippen LogP contribution in [0.3, 0.4) is 0 Å². The normalized spacial score (nSPS) is 12.3. The molecule has 0 aliphatic rings. The maximum Gasteiger partial charge on any atom is 0.119 e. The molecule has 1 aromatic heterocycles. The number of thiazole rings is 1. The number of para-hydroxylation sites is 1. The van der Waals surface area contributed by atoms with Crippen LogP contribution in [0.15, 0.2) is 35.7 Å². The highest BCUT2D eigenvalue weighted by Gasteiger charge is 2.07. The molecule has 0 fully saturated rings. The maximum absolute atomic E-state index is 5.62. The number of aromatic nitrogens is 1. The van der Waals surface area contributed by atoms with Crippen LogP contribution in [-0.2, 0) is 0 Å². The zero-order valence-corrected chi connectivity index (χ0v) is 11.5. The largest absolute Gasteiger partial charge is 0.492 e. The van der Waals surface area contributed by atoms with Gasteiger partial charge in [-0.3, -0.25) is 0 Å². The van der Waals surface area contributed by atoms with Gasteiger partial charge in [0.2, 0.25) is 0 Å². The third-order valence-corrected chi connectivity index (χ3v) is 3.72. The lowest BCUT2D eigenvalue weighted by molar-refractivity contribution is 0.307. The minimum atomic E-state index is 0.281. The molecule has 1 atom stereocenters. The molecule has 0 aliphatic heterocycles. The van der Waals surface area contributed by atoms with Gasteiger partial charge in [-0.2, -0.15) is 0 Å². The molecule has 3 nitrogen and oxygen atoms in total. The summed E-state index contributed by atoms with van der Waals surface area (Å²) >= 11 is 1.70. The Morgan fingerprint density at radius 3 is 2.78 bits per heavy atom. The molecule has 0 bridgehead atoms. The average Bonchev–Trinajstić information content (AvgIpc) is 2.82. The predicted octanol–water partition coefficient (Wildman–Crippen LogP) is 3.18. The Hall–Kier alpha value is -1.39. The second kappa shape index (κ2) is 6.52. The van der Waals surface area contributed by atoms with Crippen molar-refractivity contribution in [2.45, 2.75) is 19.9 Å². The van der Waals surface area contributed by atoms with Crippen molar-refractivity contribution in [3.05, 3.63) is 46.4 Å². The van der Waals surface area contributed by atoms with Crippen LogP contribution in [0.4, 0.5) is 0 Å².